The average Bonchev–Trinajstić information content (AvgIpc) is 2.46. The van der Waals surface area contributed by atoms with Gasteiger partial charge in [-0.15, -0.1) is 0 Å². The van der Waals surface area contributed by atoms with Gasteiger partial charge in [0.15, 0.2) is 0 Å². The molecule has 23 heavy (non-hydrogen) atoms. The molecular weight excluding hydrogens is 362 g/mol. The predicted molar refractivity (Wildman–Crippen MR) is 95.2 cm³/mol. The number of likely N-dealkylation sites (tertiary alicyclic amines) is 1. The number of carbonyl (C=O) groups is 1. The zero-order valence-corrected chi connectivity index (χ0v) is 17.0. The Kier molecular flexibility index (Phi) is 7.36. The molecule has 5 nitrogen and oxygen atoms in total. The second-order valence-electron chi connectivity index (χ2n) is 7.85. The summed E-state index contributed by atoms with van der Waals surface area (Å²) in [5.41, 5.74) is -0.837. The van der Waals surface area contributed by atoms with Gasteiger partial charge in [0, 0.05) is 25.5 Å². The van der Waals surface area contributed by atoms with Crippen LogP contribution in [0.1, 0.15) is 53.9 Å². The molecule has 0 saturated carbocycles. The SMILES string of the molecule is COC(C)(C)CCOC1(CBr)CCN(C(=O)OC(C)(C)C)CC1. The highest BCUT2D eigenvalue weighted by Crippen LogP contribution is 2.30. The summed E-state index contributed by atoms with van der Waals surface area (Å²) in [7, 11) is 1.72. The number of ether oxygens (including phenoxy) is 3. The number of amides is 1. The number of piperidine rings is 1. The molecule has 1 saturated heterocycles. The molecule has 1 heterocycles. The van der Waals surface area contributed by atoms with E-state index in [1.54, 1.807) is 12.0 Å². The zero-order chi connectivity index (χ0) is 17.7. The number of halogens is 1. The van der Waals surface area contributed by atoms with Crippen LogP contribution in [-0.4, -0.2) is 59.9 Å². The van der Waals surface area contributed by atoms with Crippen LogP contribution < -0.4 is 0 Å². The molecule has 1 fully saturated rings. The van der Waals surface area contributed by atoms with Crippen LogP contribution in [-0.2, 0) is 14.2 Å². The van der Waals surface area contributed by atoms with Crippen molar-refractivity contribution in [2.45, 2.75) is 70.7 Å². The minimum Gasteiger partial charge on any atom is -0.444 e. The van der Waals surface area contributed by atoms with Gasteiger partial charge in [-0.1, -0.05) is 15.9 Å². The van der Waals surface area contributed by atoms with Gasteiger partial charge in [-0.25, -0.2) is 4.79 Å². The minimum atomic E-state index is -0.455. The Hall–Kier alpha value is -0.330. The molecule has 1 rings (SSSR count). The van der Waals surface area contributed by atoms with Gasteiger partial charge < -0.3 is 19.1 Å². The fourth-order valence-electron chi connectivity index (χ4n) is 2.36. The number of methoxy groups -OCH3 is 1. The summed E-state index contributed by atoms with van der Waals surface area (Å²) in [4.78, 5) is 13.9. The average molecular weight is 394 g/mol. The van der Waals surface area contributed by atoms with Gasteiger partial charge in [0.1, 0.15) is 5.60 Å². The van der Waals surface area contributed by atoms with Crippen LogP contribution in [0, 0.1) is 0 Å². The van der Waals surface area contributed by atoms with Crippen LogP contribution in [0.3, 0.4) is 0 Å². The molecule has 1 aliphatic rings. The summed E-state index contributed by atoms with van der Waals surface area (Å²) in [6.07, 6.45) is 2.23. The number of hydrogen-bond acceptors (Lipinski definition) is 4. The largest absolute Gasteiger partial charge is 0.444 e. The first-order valence-electron chi connectivity index (χ1n) is 8.26. The van der Waals surface area contributed by atoms with E-state index in [4.69, 9.17) is 14.2 Å². The lowest BCUT2D eigenvalue weighted by molar-refractivity contribution is -0.0883. The molecule has 0 aromatic rings. The van der Waals surface area contributed by atoms with Crippen molar-refractivity contribution in [2.24, 2.45) is 0 Å². The van der Waals surface area contributed by atoms with Crippen molar-refractivity contribution in [1.29, 1.82) is 0 Å². The fourth-order valence-corrected chi connectivity index (χ4v) is 3.08. The topological polar surface area (TPSA) is 48.0 Å². The number of nitrogens with zero attached hydrogens (tertiary/aromatic N) is 1. The first-order chi connectivity index (χ1) is 10.5. The van der Waals surface area contributed by atoms with Crippen molar-refractivity contribution < 1.29 is 19.0 Å². The molecular formula is C17H32BrNO4. The molecule has 6 heteroatoms. The molecule has 0 radical (unpaired) electrons. The van der Waals surface area contributed by atoms with Gasteiger partial charge in [0.2, 0.25) is 0 Å². The van der Waals surface area contributed by atoms with Gasteiger partial charge in [-0.3, -0.25) is 0 Å². The number of hydrogen-bond donors (Lipinski definition) is 0. The third kappa shape index (κ3) is 6.98. The summed E-state index contributed by atoms with van der Waals surface area (Å²) in [5, 5.41) is 0.773. The lowest BCUT2D eigenvalue weighted by Gasteiger charge is -2.41. The van der Waals surface area contributed by atoms with E-state index in [0.717, 1.165) is 24.6 Å². The van der Waals surface area contributed by atoms with Crippen LogP contribution >= 0.6 is 15.9 Å². The van der Waals surface area contributed by atoms with Crippen molar-refractivity contribution in [3.05, 3.63) is 0 Å². The van der Waals surface area contributed by atoms with E-state index in [-0.39, 0.29) is 17.3 Å². The molecule has 0 atom stereocenters. The van der Waals surface area contributed by atoms with Gasteiger partial charge in [0.25, 0.3) is 0 Å². The van der Waals surface area contributed by atoms with Crippen LogP contribution in [0.25, 0.3) is 0 Å². The Balaban J connectivity index is 2.48. The fraction of sp³-hybridized carbons (Fsp3) is 0.941. The minimum absolute atomic E-state index is 0.176. The van der Waals surface area contributed by atoms with E-state index in [9.17, 15) is 4.79 Å². The van der Waals surface area contributed by atoms with E-state index in [0.29, 0.717) is 19.7 Å². The van der Waals surface area contributed by atoms with E-state index in [2.05, 4.69) is 29.8 Å². The maximum absolute atomic E-state index is 12.1. The van der Waals surface area contributed by atoms with Gasteiger partial charge in [-0.2, -0.15) is 0 Å². The second kappa shape index (κ2) is 8.17. The molecule has 0 aliphatic carbocycles. The van der Waals surface area contributed by atoms with Crippen molar-refractivity contribution in [2.75, 3.05) is 32.1 Å². The lowest BCUT2D eigenvalue weighted by Crippen LogP contribution is -2.50. The molecule has 0 bridgehead atoms. The molecule has 136 valence electrons. The number of alkyl halides is 1. The molecule has 0 unspecified atom stereocenters. The smallest absolute Gasteiger partial charge is 0.410 e. The molecule has 0 aromatic heterocycles. The van der Waals surface area contributed by atoms with Crippen LogP contribution in [0.5, 0.6) is 0 Å². The number of rotatable bonds is 6. The highest BCUT2D eigenvalue weighted by Gasteiger charge is 2.37. The van der Waals surface area contributed by atoms with Crippen LogP contribution in [0.15, 0.2) is 0 Å². The monoisotopic (exact) mass is 393 g/mol. The summed E-state index contributed by atoms with van der Waals surface area (Å²) in [5.74, 6) is 0. The second-order valence-corrected chi connectivity index (χ2v) is 8.41. The maximum Gasteiger partial charge on any atom is 0.410 e. The van der Waals surface area contributed by atoms with E-state index >= 15 is 0 Å². The predicted octanol–water partition coefficient (Wildman–Crippen LogP) is 3.98. The molecule has 1 amide bonds. The lowest BCUT2D eigenvalue weighted by atomic mass is 9.93. The third-order valence-corrected chi connectivity index (χ3v) is 5.26. The zero-order valence-electron chi connectivity index (χ0n) is 15.4. The maximum atomic E-state index is 12.1. The highest BCUT2D eigenvalue weighted by molar-refractivity contribution is 9.09. The molecule has 0 spiro atoms. The van der Waals surface area contributed by atoms with E-state index < -0.39 is 5.60 Å². The first kappa shape index (κ1) is 20.7. The Labute approximate surface area is 149 Å². The van der Waals surface area contributed by atoms with Crippen LogP contribution in [0.4, 0.5) is 4.79 Å². The van der Waals surface area contributed by atoms with Crippen molar-refractivity contribution in [1.82, 2.24) is 4.90 Å². The Morgan fingerprint density at radius 3 is 2.17 bits per heavy atom. The summed E-state index contributed by atoms with van der Waals surface area (Å²) in [6.45, 7) is 11.8. The van der Waals surface area contributed by atoms with Crippen molar-refractivity contribution in [3.8, 4) is 0 Å². The normalized spacial score (nSPS) is 18.8. The first-order valence-corrected chi connectivity index (χ1v) is 9.38. The molecule has 0 N–H and O–H groups in total. The third-order valence-electron chi connectivity index (χ3n) is 4.23. The van der Waals surface area contributed by atoms with Gasteiger partial charge in [-0.05, 0) is 53.9 Å². The summed E-state index contributed by atoms with van der Waals surface area (Å²) < 4.78 is 17.0. The Morgan fingerprint density at radius 1 is 1.17 bits per heavy atom. The Bertz CT molecular complexity index is 385. The summed E-state index contributed by atoms with van der Waals surface area (Å²) >= 11 is 3.58. The van der Waals surface area contributed by atoms with E-state index in [1.165, 1.54) is 0 Å². The number of carbonyl (C=O) groups excluding carboxylic acids is 1. The van der Waals surface area contributed by atoms with Gasteiger partial charge >= 0.3 is 6.09 Å². The highest BCUT2D eigenvalue weighted by atomic mass is 79.9. The standard InChI is InChI=1S/C17H32BrNO4/c1-15(2,3)23-14(20)19-10-7-17(13-18,8-11-19)22-12-9-16(4,5)21-6/h7-13H2,1-6H3. The summed E-state index contributed by atoms with van der Waals surface area (Å²) in [6, 6.07) is 0. The Morgan fingerprint density at radius 2 is 1.74 bits per heavy atom. The van der Waals surface area contributed by atoms with Gasteiger partial charge in [0.05, 0.1) is 17.8 Å². The quantitative estimate of drug-likeness (QED) is 0.640. The van der Waals surface area contributed by atoms with Crippen molar-refractivity contribution in [3.63, 3.8) is 0 Å². The molecule has 1 aliphatic heterocycles. The van der Waals surface area contributed by atoms with Crippen LogP contribution in [0.2, 0.25) is 0 Å². The molecule has 0 aromatic carbocycles. The van der Waals surface area contributed by atoms with E-state index in [1.807, 2.05) is 20.8 Å². The van der Waals surface area contributed by atoms with Crippen molar-refractivity contribution >= 4 is 22.0 Å².